The Bertz CT molecular complexity index is 641. The van der Waals surface area contributed by atoms with Gasteiger partial charge in [-0.3, -0.25) is 9.56 Å². The van der Waals surface area contributed by atoms with Crippen LogP contribution in [0.4, 0.5) is 0 Å². The van der Waals surface area contributed by atoms with Crippen LogP contribution in [0, 0.1) is 6.92 Å². The molecule has 2 heterocycles. The molecule has 6 heteroatoms. The highest BCUT2D eigenvalue weighted by atomic mass is 15.2. The Balaban J connectivity index is 1.75. The second kappa shape index (κ2) is 5.95. The molecule has 0 saturated heterocycles. The van der Waals surface area contributed by atoms with E-state index in [0.717, 1.165) is 23.2 Å². The molecule has 0 aromatic carbocycles. The van der Waals surface area contributed by atoms with Gasteiger partial charge in [0.2, 0.25) is 0 Å². The topological polar surface area (TPSA) is 67.1 Å². The number of nitrogens with zero attached hydrogens (tertiary/aromatic N) is 4. The van der Waals surface area contributed by atoms with E-state index in [1.54, 1.807) is 19.4 Å². The molecule has 2 aromatic rings. The predicted molar refractivity (Wildman–Crippen MR) is 82.5 cm³/mol. The average molecular weight is 284 g/mol. The van der Waals surface area contributed by atoms with E-state index in [-0.39, 0.29) is 0 Å². The number of aromatic nitrogens is 3. The molecule has 0 unspecified atom stereocenters. The van der Waals surface area contributed by atoms with Crippen molar-refractivity contribution in [2.24, 2.45) is 4.99 Å². The van der Waals surface area contributed by atoms with Gasteiger partial charge in [0, 0.05) is 43.8 Å². The van der Waals surface area contributed by atoms with Crippen molar-refractivity contribution < 1.29 is 0 Å². The maximum absolute atomic E-state index is 4.48. The average Bonchev–Trinajstić information content (AvgIpc) is 3.23. The Hall–Kier alpha value is -2.37. The summed E-state index contributed by atoms with van der Waals surface area (Å²) in [4.78, 5) is 13.0. The third kappa shape index (κ3) is 3.21. The lowest BCUT2D eigenvalue weighted by atomic mass is 10.2. The number of rotatable bonds is 4. The van der Waals surface area contributed by atoms with Crippen molar-refractivity contribution in [1.82, 2.24) is 25.2 Å². The molecule has 3 rings (SSSR count). The Morgan fingerprint density at radius 2 is 2.24 bits per heavy atom. The summed E-state index contributed by atoms with van der Waals surface area (Å²) < 4.78 is 1.99. The molecular formula is C15H20N6. The first kappa shape index (κ1) is 13.6. The standard InChI is InChI=1S/C15H20N6/c1-11-17-8-9-21(11)14-12(4-3-7-18-14)10-19-15(16-2)20-13-5-6-13/h3-4,7-9,13H,5-6,10H2,1-2H3,(H2,16,19,20). The summed E-state index contributed by atoms with van der Waals surface area (Å²) in [6.07, 6.45) is 7.98. The van der Waals surface area contributed by atoms with E-state index in [9.17, 15) is 0 Å². The van der Waals surface area contributed by atoms with Gasteiger partial charge in [0.25, 0.3) is 0 Å². The monoisotopic (exact) mass is 284 g/mol. The lowest BCUT2D eigenvalue weighted by molar-refractivity contribution is 0.792. The zero-order valence-electron chi connectivity index (χ0n) is 12.4. The molecule has 0 aliphatic heterocycles. The third-order valence-electron chi connectivity index (χ3n) is 3.51. The summed E-state index contributed by atoms with van der Waals surface area (Å²) in [5, 5.41) is 6.72. The van der Waals surface area contributed by atoms with E-state index in [4.69, 9.17) is 0 Å². The molecule has 6 nitrogen and oxygen atoms in total. The Kier molecular flexibility index (Phi) is 3.85. The van der Waals surface area contributed by atoms with Crippen LogP contribution in [0.15, 0.2) is 35.7 Å². The van der Waals surface area contributed by atoms with Gasteiger partial charge >= 0.3 is 0 Å². The molecule has 2 N–H and O–H groups in total. The fraction of sp³-hybridized carbons (Fsp3) is 0.400. The Labute approximate surface area is 124 Å². The van der Waals surface area contributed by atoms with Crippen molar-refractivity contribution in [3.05, 3.63) is 42.1 Å². The van der Waals surface area contributed by atoms with Crippen molar-refractivity contribution in [2.45, 2.75) is 32.4 Å². The van der Waals surface area contributed by atoms with E-state index in [2.05, 4.69) is 31.7 Å². The van der Waals surface area contributed by atoms with Crippen LogP contribution in [0.5, 0.6) is 0 Å². The molecule has 0 amide bonds. The molecular weight excluding hydrogens is 264 g/mol. The third-order valence-corrected chi connectivity index (χ3v) is 3.51. The first-order valence-electron chi connectivity index (χ1n) is 7.19. The van der Waals surface area contributed by atoms with Crippen molar-refractivity contribution in [3.8, 4) is 5.82 Å². The SMILES string of the molecule is CN=C(NCc1cccnc1-n1ccnc1C)NC1CC1. The number of aryl methyl sites for hydroxylation is 1. The maximum Gasteiger partial charge on any atom is 0.191 e. The lowest BCUT2D eigenvalue weighted by Crippen LogP contribution is -2.38. The Morgan fingerprint density at radius 3 is 2.90 bits per heavy atom. The fourth-order valence-electron chi connectivity index (χ4n) is 2.18. The summed E-state index contributed by atoms with van der Waals surface area (Å²) >= 11 is 0. The van der Waals surface area contributed by atoms with Gasteiger partial charge in [-0.1, -0.05) is 6.07 Å². The van der Waals surface area contributed by atoms with Gasteiger partial charge < -0.3 is 10.6 Å². The van der Waals surface area contributed by atoms with E-state index < -0.39 is 0 Å². The van der Waals surface area contributed by atoms with E-state index >= 15 is 0 Å². The molecule has 1 aliphatic carbocycles. The van der Waals surface area contributed by atoms with Crippen LogP contribution in [-0.2, 0) is 6.54 Å². The molecule has 1 saturated carbocycles. The number of hydrogen-bond donors (Lipinski definition) is 2. The number of hydrogen-bond acceptors (Lipinski definition) is 3. The van der Waals surface area contributed by atoms with E-state index in [1.165, 1.54) is 12.8 Å². The number of pyridine rings is 1. The Morgan fingerprint density at radius 1 is 1.38 bits per heavy atom. The molecule has 0 radical (unpaired) electrons. The van der Waals surface area contributed by atoms with Gasteiger partial charge in [0.15, 0.2) is 5.96 Å². The van der Waals surface area contributed by atoms with Crippen LogP contribution in [0.25, 0.3) is 5.82 Å². The first-order valence-corrected chi connectivity index (χ1v) is 7.19. The minimum Gasteiger partial charge on any atom is -0.354 e. The van der Waals surface area contributed by atoms with Crippen molar-refractivity contribution >= 4 is 5.96 Å². The van der Waals surface area contributed by atoms with Crippen molar-refractivity contribution in [3.63, 3.8) is 0 Å². The number of aliphatic imine (C=N–C) groups is 1. The number of nitrogens with one attached hydrogen (secondary N) is 2. The van der Waals surface area contributed by atoms with Gasteiger partial charge in [-0.25, -0.2) is 9.97 Å². The zero-order valence-corrected chi connectivity index (χ0v) is 12.4. The number of guanidine groups is 1. The summed E-state index contributed by atoms with van der Waals surface area (Å²) in [6, 6.07) is 4.60. The smallest absolute Gasteiger partial charge is 0.191 e. The molecule has 0 spiro atoms. The van der Waals surface area contributed by atoms with Crippen LogP contribution in [0.2, 0.25) is 0 Å². The van der Waals surface area contributed by atoms with Crippen LogP contribution in [0.3, 0.4) is 0 Å². The second-order valence-corrected chi connectivity index (χ2v) is 5.17. The highest BCUT2D eigenvalue weighted by Crippen LogP contribution is 2.18. The quantitative estimate of drug-likeness (QED) is 0.658. The molecule has 1 fully saturated rings. The highest BCUT2D eigenvalue weighted by Gasteiger charge is 2.22. The van der Waals surface area contributed by atoms with E-state index in [1.807, 2.05) is 23.8 Å². The summed E-state index contributed by atoms with van der Waals surface area (Å²) in [5.41, 5.74) is 1.11. The van der Waals surface area contributed by atoms with Crippen LogP contribution in [-0.4, -0.2) is 33.6 Å². The van der Waals surface area contributed by atoms with Crippen LogP contribution in [0.1, 0.15) is 24.2 Å². The molecule has 0 atom stereocenters. The van der Waals surface area contributed by atoms with Gasteiger partial charge in [0.1, 0.15) is 11.6 Å². The van der Waals surface area contributed by atoms with Crippen LogP contribution < -0.4 is 10.6 Å². The maximum atomic E-state index is 4.48. The first-order chi connectivity index (χ1) is 10.3. The summed E-state index contributed by atoms with van der Waals surface area (Å²) in [6.45, 7) is 2.65. The van der Waals surface area contributed by atoms with Crippen molar-refractivity contribution in [2.75, 3.05) is 7.05 Å². The van der Waals surface area contributed by atoms with Gasteiger partial charge in [0.05, 0.1) is 0 Å². The number of imidazole rings is 1. The highest BCUT2D eigenvalue weighted by molar-refractivity contribution is 5.80. The zero-order chi connectivity index (χ0) is 14.7. The van der Waals surface area contributed by atoms with Crippen LogP contribution >= 0.6 is 0 Å². The minimum atomic E-state index is 0.584. The molecule has 2 aromatic heterocycles. The van der Waals surface area contributed by atoms with Crippen molar-refractivity contribution in [1.29, 1.82) is 0 Å². The van der Waals surface area contributed by atoms with E-state index in [0.29, 0.717) is 12.6 Å². The molecule has 0 bridgehead atoms. The molecule has 1 aliphatic rings. The summed E-state index contributed by atoms with van der Waals surface area (Å²) in [5.74, 6) is 2.67. The fourth-order valence-corrected chi connectivity index (χ4v) is 2.18. The summed E-state index contributed by atoms with van der Waals surface area (Å²) in [7, 11) is 1.79. The largest absolute Gasteiger partial charge is 0.354 e. The van der Waals surface area contributed by atoms with Gasteiger partial charge in [-0.05, 0) is 25.8 Å². The molecule has 21 heavy (non-hydrogen) atoms. The second-order valence-electron chi connectivity index (χ2n) is 5.17. The normalized spacial score (nSPS) is 15.0. The minimum absolute atomic E-state index is 0.584. The van der Waals surface area contributed by atoms with Gasteiger partial charge in [-0.2, -0.15) is 0 Å². The lowest BCUT2D eigenvalue weighted by Gasteiger charge is -2.14. The predicted octanol–water partition coefficient (Wildman–Crippen LogP) is 1.40. The molecule has 110 valence electrons. The van der Waals surface area contributed by atoms with Gasteiger partial charge in [-0.15, -0.1) is 0 Å².